The van der Waals surface area contributed by atoms with E-state index in [1.807, 2.05) is 28.9 Å². The molecule has 0 aliphatic carbocycles. The Morgan fingerprint density at radius 3 is 3.06 bits per heavy atom. The number of H-pyrrole nitrogens is 1. The van der Waals surface area contributed by atoms with E-state index >= 15 is 0 Å². The molecule has 0 unspecified atom stereocenters. The van der Waals surface area contributed by atoms with Crippen molar-refractivity contribution in [2.24, 2.45) is 0 Å². The number of nitrogens with zero attached hydrogens (tertiary/aromatic N) is 2. The Kier molecular flexibility index (Phi) is 2.99. The summed E-state index contributed by atoms with van der Waals surface area (Å²) in [4.78, 5) is 4.56. The first-order chi connectivity index (χ1) is 8.78. The lowest BCUT2D eigenvalue weighted by Gasteiger charge is -1.96. The molecule has 3 rings (SSSR count). The van der Waals surface area contributed by atoms with Gasteiger partial charge in [0.2, 0.25) is 5.13 Å². The second kappa shape index (κ2) is 4.64. The predicted molar refractivity (Wildman–Crippen MR) is 74.8 cm³/mol. The molecule has 1 N–H and O–H groups in total. The van der Waals surface area contributed by atoms with Crippen molar-refractivity contribution in [3.05, 3.63) is 40.7 Å². The molecule has 0 amide bonds. The van der Waals surface area contributed by atoms with Gasteiger partial charge in [0, 0.05) is 7.11 Å². The summed E-state index contributed by atoms with van der Waals surface area (Å²) in [5, 5.41) is 4.05. The Labute approximate surface area is 113 Å². The lowest BCUT2D eigenvalue weighted by Crippen LogP contribution is -1.97. The van der Waals surface area contributed by atoms with Crippen LogP contribution in [0.1, 0.15) is 5.69 Å². The van der Waals surface area contributed by atoms with E-state index in [1.54, 1.807) is 18.4 Å². The van der Waals surface area contributed by atoms with Gasteiger partial charge in [0.1, 0.15) is 4.64 Å². The third-order valence-corrected chi connectivity index (χ3v) is 3.87. The molecule has 0 aliphatic rings. The number of hydrogen-bond acceptors (Lipinski definition) is 4. The van der Waals surface area contributed by atoms with Gasteiger partial charge in [-0.2, -0.15) is 0 Å². The van der Waals surface area contributed by atoms with Crippen molar-refractivity contribution >= 4 is 33.8 Å². The number of benzene rings is 1. The molecule has 6 heteroatoms. The fraction of sp³-hybridized carbons (Fsp3) is 0.167. The summed E-state index contributed by atoms with van der Waals surface area (Å²) >= 11 is 6.93. The first-order valence-electron chi connectivity index (χ1n) is 5.44. The number of aromatic nitrogens is 3. The summed E-state index contributed by atoms with van der Waals surface area (Å²) in [6.07, 6.45) is 0. The summed E-state index contributed by atoms with van der Waals surface area (Å²) < 4.78 is 8.76. The van der Waals surface area contributed by atoms with E-state index in [2.05, 4.69) is 16.1 Å². The minimum Gasteiger partial charge on any atom is -0.378 e. The zero-order chi connectivity index (χ0) is 12.5. The van der Waals surface area contributed by atoms with Crippen LogP contribution in [-0.2, 0) is 11.3 Å². The molecule has 0 saturated heterocycles. The Morgan fingerprint density at radius 2 is 2.28 bits per heavy atom. The maximum absolute atomic E-state index is 5.32. The first-order valence-corrected chi connectivity index (χ1v) is 6.66. The number of hydrogen-bond donors (Lipinski definition) is 1. The number of fused-ring (bicyclic) bond motifs is 1. The number of methoxy groups -OCH3 is 1. The van der Waals surface area contributed by atoms with Crippen LogP contribution < -0.4 is 0 Å². The second-order valence-corrected chi connectivity index (χ2v) is 5.28. The van der Waals surface area contributed by atoms with Crippen molar-refractivity contribution in [3.63, 3.8) is 0 Å². The van der Waals surface area contributed by atoms with E-state index < -0.39 is 0 Å². The predicted octanol–water partition coefficient (Wildman–Crippen LogP) is 3.29. The number of ether oxygens (including phenoxy) is 1. The van der Waals surface area contributed by atoms with Gasteiger partial charge in [0.05, 0.1) is 22.5 Å². The van der Waals surface area contributed by atoms with Gasteiger partial charge in [-0.3, -0.25) is 5.10 Å². The molecule has 0 fully saturated rings. The van der Waals surface area contributed by atoms with E-state index in [4.69, 9.17) is 17.0 Å². The maximum atomic E-state index is 5.32. The standard InChI is InChI=1S/C12H11N3OS2/c1-16-7-8-6-11(17)15(14-8)12-13-9-4-2-3-5-10(9)18-12/h2-6,14H,7H2,1H3. The van der Waals surface area contributed by atoms with Gasteiger partial charge in [-0.25, -0.2) is 9.67 Å². The van der Waals surface area contributed by atoms with Gasteiger partial charge in [0.15, 0.2) is 0 Å². The second-order valence-electron chi connectivity index (χ2n) is 3.85. The van der Waals surface area contributed by atoms with E-state index in [0.29, 0.717) is 11.2 Å². The van der Waals surface area contributed by atoms with Crippen molar-refractivity contribution in [2.45, 2.75) is 6.61 Å². The Morgan fingerprint density at radius 1 is 1.44 bits per heavy atom. The summed E-state index contributed by atoms with van der Waals surface area (Å²) in [5.41, 5.74) is 1.93. The zero-order valence-corrected chi connectivity index (χ0v) is 11.3. The van der Waals surface area contributed by atoms with E-state index in [9.17, 15) is 0 Å². The van der Waals surface area contributed by atoms with Crippen LogP contribution in [0, 0.1) is 4.64 Å². The quantitative estimate of drug-likeness (QED) is 0.747. The zero-order valence-electron chi connectivity index (χ0n) is 9.71. The van der Waals surface area contributed by atoms with Gasteiger partial charge < -0.3 is 4.74 Å². The Bertz CT molecular complexity index is 708. The largest absolute Gasteiger partial charge is 0.378 e. The fourth-order valence-corrected chi connectivity index (χ4v) is 3.04. The Hall–Kier alpha value is -1.50. The number of aromatic amines is 1. The SMILES string of the molecule is COCc1cc(=S)n(-c2nc3ccccc3s2)[nH]1. The van der Waals surface area contributed by atoms with Crippen LogP contribution in [0.2, 0.25) is 0 Å². The number of thiazole rings is 1. The normalized spacial score (nSPS) is 11.2. The van der Waals surface area contributed by atoms with Crippen molar-refractivity contribution in [1.29, 1.82) is 0 Å². The van der Waals surface area contributed by atoms with Crippen LogP contribution in [0.15, 0.2) is 30.3 Å². The van der Waals surface area contributed by atoms with Gasteiger partial charge in [-0.05, 0) is 18.2 Å². The number of nitrogens with one attached hydrogen (secondary N) is 1. The lowest BCUT2D eigenvalue weighted by atomic mass is 10.3. The first kappa shape index (κ1) is 11.6. The fourth-order valence-electron chi connectivity index (χ4n) is 1.77. The molecule has 2 heterocycles. The Balaban J connectivity index is 2.11. The van der Waals surface area contributed by atoms with Crippen LogP contribution in [0.5, 0.6) is 0 Å². The molecule has 2 aromatic heterocycles. The monoisotopic (exact) mass is 277 g/mol. The van der Waals surface area contributed by atoms with Gasteiger partial charge >= 0.3 is 0 Å². The average Bonchev–Trinajstić information content (AvgIpc) is 2.92. The summed E-state index contributed by atoms with van der Waals surface area (Å²) in [6.45, 7) is 0.515. The third kappa shape index (κ3) is 1.98. The molecule has 0 bridgehead atoms. The van der Waals surface area contributed by atoms with Gasteiger partial charge in [-0.1, -0.05) is 35.7 Å². The van der Waals surface area contributed by atoms with Crippen molar-refractivity contribution in [3.8, 4) is 5.13 Å². The van der Waals surface area contributed by atoms with Crippen LogP contribution in [0.3, 0.4) is 0 Å². The minimum atomic E-state index is 0.515. The van der Waals surface area contributed by atoms with Gasteiger partial charge in [-0.15, -0.1) is 0 Å². The summed E-state index contributed by atoms with van der Waals surface area (Å²) in [7, 11) is 1.66. The van der Waals surface area contributed by atoms with Crippen molar-refractivity contribution in [1.82, 2.24) is 14.8 Å². The molecule has 4 nitrogen and oxygen atoms in total. The molecular formula is C12H11N3OS2. The number of para-hydroxylation sites is 1. The lowest BCUT2D eigenvalue weighted by molar-refractivity contribution is 0.181. The molecule has 18 heavy (non-hydrogen) atoms. The highest BCUT2D eigenvalue weighted by atomic mass is 32.1. The molecule has 92 valence electrons. The number of rotatable bonds is 3. The smallest absolute Gasteiger partial charge is 0.210 e. The molecule has 0 radical (unpaired) electrons. The average molecular weight is 277 g/mol. The molecular weight excluding hydrogens is 266 g/mol. The highest BCUT2D eigenvalue weighted by Gasteiger charge is 2.08. The summed E-state index contributed by atoms with van der Waals surface area (Å²) in [5.74, 6) is 0. The van der Waals surface area contributed by atoms with Crippen molar-refractivity contribution < 1.29 is 4.74 Å². The van der Waals surface area contributed by atoms with E-state index in [1.165, 1.54) is 0 Å². The molecule has 1 aromatic carbocycles. The minimum absolute atomic E-state index is 0.515. The van der Waals surface area contributed by atoms with E-state index in [-0.39, 0.29) is 0 Å². The van der Waals surface area contributed by atoms with E-state index in [0.717, 1.165) is 21.0 Å². The van der Waals surface area contributed by atoms with Gasteiger partial charge in [0.25, 0.3) is 0 Å². The summed E-state index contributed by atoms with van der Waals surface area (Å²) in [6, 6.07) is 9.94. The maximum Gasteiger partial charge on any atom is 0.210 e. The van der Waals surface area contributed by atoms with Crippen LogP contribution in [-0.4, -0.2) is 21.9 Å². The molecule has 0 atom stereocenters. The molecule has 0 spiro atoms. The molecule has 0 saturated carbocycles. The topological polar surface area (TPSA) is 42.8 Å². The van der Waals surface area contributed by atoms with Crippen LogP contribution in [0.25, 0.3) is 15.3 Å². The van der Waals surface area contributed by atoms with Crippen LogP contribution in [0.4, 0.5) is 0 Å². The highest BCUT2D eigenvalue weighted by Crippen LogP contribution is 2.24. The van der Waals surface area contributed by atoms with Crippen molar-refractivity contribution in [2.75, 3.05) is 7.11 Å². The van der Waals surface area contributed by atoms with Crippen LogP contribution >= 0.6 is 23.6 Å². The third-order valence-electron chi connectivity index (χ3n) is 2.55. The molecule has 0 aliphatic heterocycles. The molecule has 3 aromatic rings. The highest BCUT2D eigenvalue weighted by molar-refractivity contribution is 7.71.